The predicted octanol–water partition coefficient (Wildman–Crippen LogP) is 3.78. The minimum Gasteiger partial charge on any atom is -0.353 e. The number of amides is 1. The first-order valence-corrected chi connectivity index (χ1v) is 10.3. The van der Waals surface area contributed by atoms with Gasteiger partial charge in [-0.05, 0) is 38.3 Å². The Kier molecular flexibility index (Phi) is 8.09. The van der Waals surface area contributed by atoms with Gasteiger partial charge in [-0.2, -0.15) is 0 Å². The lowest BCUT2D eigenvalue weighted by Crippen LogP contribution is -2.33. The molecule has 1 N–H and O–H groups in total. The maximum atomic E-state index is 12.2. The number of rotatable bonds is 10. The number of hydrogen-bond donors (Lipinski definition) is 1. The maximum Gasteiger partial charge on any atom is 0.230 e. The molecule has 0 aliphatic rings. The van der Waals surface area contributed by atoms with Crippen LogP contribution in [0.5, 0.6) is 0 Å². The molecule has 0 aromatic carbocycles. The van der Waals surface area contributed by atoms with Crippen molar-refractivity contribution in [1.82, 2.24) is 25.1 Å². The molecule has 0 fully saturated rings. The minimum absolute atomic E-state index is 0.0446. The van der Waals surface area contributed by atoms with Gasteiger partial charge in [0.25, 0.3) is 0 Å². The third-order valence-corrected chi connectivity index (χ3v) is 5.10. The Morgan fingerprint density at radius 3 is 2.58 bits per heavy atom. The molecular weight excluding hydrogens is 346 g/mol. The van der Waals surface area contributed by atoms with Crippen molar-refractivity contribution in [3.63, 3.8) is 0 Å². The number of pyridine rings is 1. The van der Waals surface area contributed by atoms with Gasteiger partial charge in [0, 0.05) is 30.5 Å². The predicted molar refractivity (Wildman–Crippen MR) is 106 cm³/mol. The molecule has 26 heavy (non-hydrogen) atoms. The molecule has 6 nitrogen and oxygen atoms in total. The van der Waals surface area contributed by atoms with Crippen LogP contribution in [-0.4, -0.2) is 37.5 Å². The van der Waals surface area contributed by atoms with Crippen LogP contribution in [0.2, 0.25) is 0 Å². The lowest BCUT2D eigenvalue weighted by atomic mass is 10.0. The zero-order valence-corrected chi connectivity index (χ0v) is 16.9. The van der Waals surface area contributed by atoms with E-state index >= 15 is 0 Å². The molecule has 2 aromatic heterocycles. The molecule has 0 saturated carbocycles. The highest BCUT2D eigenvalue weighted by Gasteiger charge is 2.15. The summed E-state index contributed by atoms with van der Waals surface area (Å²) in [6.45, 7) is 9.32. The molecule has 1 amide bonds. The topological polar surface area (TPSA) is 72.7 Å². The molecule has 0 radical (unpaired) electrons. The molecule has 2 heterocycles. The molecule has 0 aliphatic carbocycles. The van der Waals surface area contributed by atoms with Crippen molar-refractivity contribution in [1.29, 1.82) is 0 Å². The molecule has 2 aromatic rings. The third kappa shape index (κ3) is 6.12. The van der Waals surface area contributed by atoms with Gasteiger partial charge in [-0.15, -0.1) is 10.2 Å². The Bertz CT molecular complexity index is 686. The summed E-state index contributed by atoms with van der Waals surface area (Å²) in [6.07, 6.45) is 6.85. The number of aromatic nitrogens is 4. The quantitative estimate of drug-likeness (QED) is 0.640. The van der Waals surface area contributed by atoms with Gasteiger partial charge in [-0.3, -0.25) is 9.78 Å². The van der Waals surface area contributed by atoms with Gasteiger partial charge < -0.3 is 9.88 Å². The molecular formula is C19H29N5OS. The fourth-order valence-electron chi connectivity index (χ4n) is 2.75. The summed E-state index contributed by atoms with van der Waals surface area (Å²) in [4.78, 5) is 16.2. The monoisotopic (exact) mass is 375 g/mol. The zero-order chi connectivity index (χ0) is 18.9. The highest BCUT2D eigenvalue weighted by Crippen LogP contribution is 2.23. The van der Waals surface area contributed by atoms with Crippen LogP contribution in [0.25, 0.3) is 11.4 Å². The Labute approximate surface area is 160 Å². The summed E-state index contributed by atoms with van der Waals surface area (Å²) in [5, 5.41) is 12.4. The van der Waals surface area contributed by atoms with Gasteiger partial charge in [-0.25, -0.2) is 0 Å². The third-order valence-electron chi connectivity index (χ3n) is 4.13. The smallest absolute Gasteiger partial charge is 0.230 e. The van der Waals surface area contributed by atoms with Crippen molar-refractivity contribution in [3.05, 3.63) is 24.5 Å². The van der Waals surface area contributed by atoms with Gasteiger partial charge in [0.05, 0.1) is 5.75 Å². The molecule has 7 heteroatoms. The molecule has 0 aliphatic heterocycles. The number of hydrogen-bond acceptors (Lipinski definition) is 5. The van der Waals surface area contributed by atoms with Gasteiger partial charge in [-0.1, -0.05) is 38.5 Å². The second-order valence-electron chi connectivity index (χ2n) is 6.87. The minimum atomic E-state index is 0.0446. The van der Waals surface area contributed by atoms with Crippen LogP contribution in [0.1, 0.15) is 47.0 Å². The lowest BCUT2D eigenvalue weighted by molar-refractivity contribution is -0.119. The Morgan fingerprint density at radius 2 is 1.92 bits per heavy atom. The second-order valence-corrected chi connectivity index (χ2v) is 7.81. The molecule has 0 spiro atoms. The van der Waals surface area contributed by atoms with Crippen LogP contribution >= 0.6 is 11.8 Å². The van der Waals surface area contributed by atoms with E-state index in [2.05, 4.69) is 48.2 Å². The SMILES string of the molecule is CCn1c(SCC(=O)N[C@H](C)CCCC(C)C)nnc1-c1ccncc1. The van der Waals surface area contributed by atoms with E-state index in [0.29, 0.717) is 11.7 Å². The van der Waals surface area contributed by atoms with E-state index in [1.165, 1.54) is 18.2 Å². The van der Waals surface area contributed by atoms with Crippen LogP contribution in [0.15, 0.2) is 29.7 Å². The summed E-state index contributed by atoms with van der Waals surface area (Å²) >= 11 is 1.43. The second kappa shape index (κ2) is 10.3. The summed E-state index contributed by atoms with van der Waals surface area (Å²) in [6, 6.07) is 4.03. The van der Waals surface area contributed by atoms with Gasteiger partial charge in [0.2, 0.25) is 5.91 Å². The van der Waals surface area contributed by atoms with E-state index in [1.807, 2.05) is 16.7 Å². The van der Waals surface area contributed by atoms with Crippen LogP contribution in [0.3, 0.4) is 0 Å². The summed E-state index contributed by atoms with van der Waals surface area (Å²) in [5.41, 5.74) is 0.976. The van der Waals surface area contributed by atoms with Gasteiger partial charge >= 0.3 is 0 Å². The zero-order valence-electron chi connectivity index (χ0n) is 16.1. The summed E-state index contributed by atoms with van der Waals surface area (Å²) < 4.78 is 2.03. The Morgan fingerprint density at radius 1 is 1.19 bits per heavy atom. The van der Waals surface area contributed by atoms with Gasteiger partial charge in [0.1, 0.15) is 0 Å². The standard InChI is InChI=1S/C19H29N5OS/c1-5-24-18(16-9-11-20-12-10-16)22-23-19(24)26-13-17(25)21-15(4)8-6-7-14(2)3/h9-12,14-15H,5-8,13H2,1-4H3,(H,21,25)/t15-/m1/s1. The van der Waals surface area contributed by atoms with Crippen molar-refractivity contribution < 1.29 is 4.79 Å². The molecule has 0 unspecified atom stereocenters. The first-order chi connectivity index (χ1) is 12.5. The number of nitrogens with zero attached hydrogens (tertiary/aromatic N) is 4. The molecule has 0 saturated heterocycles. The number of carbonyl (C=O) groups is 1. The van der Waals surface area contributed by atoms with Crippen LogP contribution in [-0.2, 0) is 11.3 Å². The van der Waals surface area contributed by atoms with Crippen molar-refractivity contribution in [2.75, 3.05) is 5.75 Å². The van der Waals surface area contributed by atoms with Crippen molar-refractivity contribution >= 4 is 17.7 Å². The van der Waals surface area contributed by atoms with E-state index < -0.39 is 0 Å². The van der Waals surface area contributed by atoms with E-state index in [-0.39, 0.29) is 11.9 Å². The number of nitrogens with one attached hydrogen (secondary N) is 1. The van der Waals surface area contributed by atoms with E-state index in [0.717, 1.165) is 35.9 Å². The highest BCUT2D eigenvalue weighted by molar-refractivity contribution is 7.99. The average molecular weight is 376 g/mol. The number of carbonyl (C=O) groups excluding carboxylic acids is 1. The van der Waals surface area contributed by atoms with Crippen LogP contribution < -0.4 is 5.32 Å². The summed E-state index contributed by atoms with van der Waals surface area (Å²) in [7, 11) is 0. The average Bonchev–Trinajstić information content (AvgIpc) is 3.03. The van der Waals surface area contributed by atoms with E-state index in [9.17, 15) is 4.79 Å². The Balaban J connectivity index is 1.87. The van der Waals surface area contributed by atoms with Crippen LogP contribution in [0, 0.1) is 5.92 Å². The molecule has 0 bridgehead atoms. The highest BCUT2D eigenvalue weighted by atomic mass is 32.2. The largest absolute Gasteiger partial charge is 0.353 e. The molecule has 142 valence electrons. The first kappa shape index (κ1) is 20.4. The fourth-order valence-corrected chi connectivity index (χ4v) is 3.56. The summed E-state index contributed by atoms with van der Waals surface area (Å²) in [5.74, 6) is 1.91. The lowest BCUT2D eigenvalue weighted by Gasteiger charge is -2.14. The number of thioether (sulfide) groups is 1. The normalized spacial score (nSPS) is 12.3. The van der Waals surface area contributed by atoms with Crippen molar-refractivity contribution in [2.24, 2.45) is 5.92 Å². The van der Waals surface area contributed by atoms with Crippen molar-refractivity contribution in [3.8, 4) is 11.4 Å². The van der Waals surface area contributed by atoms with E-state index in [4.69, 9.17) is 0 Å². The first-order valence-electron chi connectivity index (χ1n) is 9.27. The maximum absolute atomic E-state index is 12.2. The van der Waals surface area contributed by atoms with Crippen LogP contribution in [0.4, 0.5) is 0 Å². The van der Waals surface area contributed by atoms with E-state index in [1.54, 1.807) is 12.4 Å². The van der Waals surface area contributed by atoms with Gasteiger partial charge in [0.15, 0.2) is 11.0 Å². The fraction of sp³-hybridized carbons (Fsp3) is 0.579. The molecule has 2 rings (SSSR count). The Hall–Kier alpha value is -1.89. The molecule has 1 atom stereocenters. The van der Waals surface area contributed by atoms with Crippen molar-refractivity contribution in [2.45, 2.75) is 64.7 Å².